The van der Waals surface area contributed by atoms with Gasteiger partial charge in [-0.1, -0.05) is 17.7 Å². The number of fused-ring (bicyclic) bond motifs is 1. The van der Waals surface area contributed by atoms with Crippen LogP contribution in [0.1, 0.15) is 10.5 Å². The van der Waals surface area contributed by atoms with E-state index in [-0.39, 0.29) is 5.69 Å². The van der Waals surface area contributed by atoms with Crippen molar-refractivity contribution in [1.82, 2.24) is 4.57 Å². The number of aliphatic carboxylic acids is 1. The highest BCUT2D eigenvalue weighted by Crippen LogP contribution is 2.23. The first-order valence-corrected chi connectivity index (χ1v) is 5.10. The molecule has 88 valence electrons. The lowest BCUT2D eigenvalue weighted by Crippen LogP contribution is -2.14. The van der Waals surface area contributed by atoms with E-state index in [0.717, 1.165) is 0 Å². The highest BCUT2D eigenvalue weighted by atomic mass is 35.5. The van der Waals surface area contributed by atoms with E-state index >= 15 is 0 Å². The number of rotatable bonds is 3. The second-order valence-corrected chi connectivity index (χ2v) is 3.95. The lowest BCUT2D eigenvalue weighted by atomic mass is 10.2. The average molecular weight is 254 g/mol. The van der Waals surface area contributed by atoms with E-state index in [4.69, 9.17) is 21.8 Å². The van der Waals surface area contributed by atoms with Gasteiger partial charge in [-0.05, 0) is 18.2 Å². The summed E-state index contributed by atoms with van der Waals surface area (Å²) in [5.74, 6) is -2.27. The number of halogens is 1. The molecule has 0 fully saturated rings. The molecular weight excluding hydrogens is 246 g/mol. The normalized spacial score (nSPS) is 10.6. The second-order valence-electron chi connectivity index (χ2n) is 3.52. The fraction of sp³-hybridized carbons (Fsp3) is 0.0909. The van der Waals surface area contributed by atoms with Gasteiger partial charge in [0.2, 0.25) is 0 Å². The second kappa shape index (κ2) is 4.10. The third-order valence-corrected chi connectivity index (χ3v) is 2.61. The van der Waals surface area contributed by atoms with Crippen LogP contribution in [0.4, 0.5) is 0 Å². The van der Waals surface area contributed by atoms with Crippen molar-refractivity contribution < 1.29 is 19.8 Å². The first-order valence-electron chi connectivity index (χ1n) is 4.73. The molecule has 6 heteroatoms. The number of carbonyl (C=O) groups is 2. The minimum Gasteiger partial charge on any atom is -0.480 e. The number of hydrogen-bond donors (Lipinski definition) is 2. The minimum absolute atomic E-state index is 0.0651. The van der Waals surface area contributed by atoms with Gasteiger partial charge in [0.25, 0.3) is 0 Å². The zero-order valence-electron chi connectivity index (χ0n) is 8.55. The van der Waals surface area contributed by atoms with E-state index in [9.17, 15) is 9.59 Å². The number of nitrogens with zero attached hydrogens (tertiary/aromatic N) is 1. The van der Waals surface area contributed by atoms with Crippen LogP contribution in [0.2, 0.25) is 5.02 Å². The molecule has 0 saturated heterocycles. The van der Waals surface area contributed by atoms with Crippen molar-refractivity contribution in [2.24, 2.45) is 0 Å². The fourth-order valence-electron chi connectivity index (χ4n) is 1.71. The molecule has 2 rings (SSSR count). The summed E-state index contributed by atoms with van der Waals surface area (Å²) < 4.78 is 1.21. The molecule has 1 aromatic heterocycles. The Labute approximate surface area is 101 Å². The number of aromatic nitrogens is 1. The standard InChI is InChI=1S/C11H8ClNO4/c12-7-2-1-6-3-9(11(16)17)13(5-10(14)15)8(6)4-7/h1-4H,5H2,(H,14,15)(H,16,17). The van der Waals surface area contributed by atoms with Crippen molar-refractivity contribution in [2.75, 3.05) is 0 Å². The predicted octanol–water partition coefficient (Wildman–Crippen LogP) is 2.08. The Kier molecular flexibility index (Phi) is 2.77. The van der Waals surface area contributed by atoms with E-state index in [1.165, 1.54) is 10.6 Å². The van der Waals surface area contributed by atoms with Gasteiger partial charge >= 0.3 is 11.9 Å². The van der Waals surface area contributed by atoms with Gasteiger partial charge < -0.3 is 14.8 Å². The average Bonchev–Trinajstić information content (AvgIpc) is 2.56. The van der Waals surface area contributed by atoms with Crippen LogP contribution >= 0.6 is 11.6 Å². The van der Waals surface area contributed by atoms with Crippen molar-refractivity contribution >= 4 is 34.4 Å². The van der Waals surface area contributed by atoms with Gasteiger partial charge in [-0.15, -0.1) is 0 Å². The Balaban J connectivity index is 2.72. The molecule has 0 bridgehead atoms. The van der Waals surface area contributed by atoms with E-state index in [0.29, 0.717) is 15.9 Å². The number of hydrogen-bond acceptors (Lipinski definition) is 2. The van der Waals surface area contributed by atoms with Crippen molar-refractivity contribution in [3.05, 3.63) is 35.0 Å². The van der Waals surface area contributed by atoms with E-state index < -0.39 is 18.5 Å². The molecule has 0 aliphatic carbocycles. The Morgan fingerprint density at radius 1 is 1.24 bits per heavy atom. The number of benzene rings is 1. The Bertz CT molecular complexity index is 617. The monoisotopic (exact) mass is 253 g/mol. The Morgan fingerprint density at radius 3 is 2.53 bits per heavy atom. The summed E-state index contributed by atoms with van der Waals surface area (Å²) in [4.78, 5) is 21.7. The van der Waals surface area contributed by atoms with Gasteiger partial charge in [0.1, 0.15) is 12.2 Å². The molecule has 0 unspecified atom stereocenters. The molecule has 17 heavy (non-hydrogen) atoms. The summed E-state index contributed by atoms with van der Waals surface area (Å²) in [6.07, 6.45) is 0. The molecule has 2 N–H and O–H groups in total. The Morgan fingerprint density at radius 2 is 1.94 bits per heavy atom. The smallest absolute Gasteiger partial charge is 0.352 e. The quantitative estimate of drug-likeness (QED) is 0.878. The molecule has 0 saturated carbocycles. The first-order chi connectivity index (χ1) is 7.99. The van der Waals surface area contributed by atoms with Gasteiger partial charge in [0, 0.05) is 10.4 Å². The molecule has 1 heterocycles. The maximum absolute atomic E-state index is 11.0. The van der Waals surface area contributed by atoms with Crippen molar-refractivity contribution in [3.8, 4) is 0 Å². The summed E-state index contributed by atoms with van der Waals surface area (Å²) in [6, 6.07) is 6.26. The lowest BCUT2D eigenvalue weighted by molar-refractivity contribution is -0.137. The van der Waals surface area contributed by atoms with Crippen LogP contribution in [0.5, 0.6) is 0 Å². The first kappa shape index (κ1) is 11.5. The predicted molar refractivity (Wildman–Crippen MR) is 61.5 cm³/mol. The van der Waals surface area contributed by atoms with Gasteiger partial charge in [0.05, 0.1) is 5.52 Å². The molecule has 0 spiro atoms. The fourth-order valence-corrected chi connectivity index (χ4v) is 1.88. The summed E-state index contributed by atoms with van der Waals surface area (Å²) >= 11 is 5.81. The maximum Gasteiger partial charge on any atom is 0.352 e. The molecule has 1 aromatic carbocycles. The van der Waals surface area contributed by atoms with E-state index in [2.05, 4.69) is 0 Å². The molecule has 0 aliphatic heterocycles. The van der Waals surface area contributed by atoms with Crippen molar-refractivity contribution in [3.63, 3.8) is 0 Å². The molecule has 0 radical (unpaired) electrons. The summed E-state index contributed by atoms with van der Waals surface area (Å²) in [7, 11) is 0. The number of aromatic carboxylic acids is 1. The molecule has 5 nitrogen and oxygen atoms in total. The van der Waals surface area contributed by atoms with Gasteiger partial charge in [-0.2, -0.15) is 0 Å². The van der Waals surface area contributed by atoms with Crippen LogP contribution in [0.3, 0.4) is 0 Å². The number of carboxylic acids is 2. The van der Waals surface area contributed by atoms with Crippen LogP contribution in [-0.4, -0.2) is 26.7 Å². The van der Waals surface area contributed by atoms with Crippen molar-refractivity contribution in [1.29, 1.82) is 0 Å². The molecule has 0 amide bonds. The van der Waals surface area contributed by atoms with Crippen LogP contribution in [-0.2, 0) is 11.3 Å². The summed E-state index contributed by atoms with van der Waals surface area (Å²) in [5, 5.41) is 18.9. The molecular formula is C11H8ClNO4. The van der Waals surface area contributed by atoms with Gasteiger partial charge in [-0.25, -0.2) is 4.79 Å². The summed E-state index contributed by atoms with van der Waals surface area (Å²) in [6.45, 7) is -0.411. The zero-order valence-corrected chi connectivity index (χ0v) is 9.31. The summed E-state index contributed by atoms with van der Waals surface area (Å²) in [5.41, 5.74) is 0.432. The van der Waals surface area contributed by atoms with E-state index in [1.807, 2.05) is 0 Å². The molecule has 0 aliphatic rings. The highest BCUT2D eigenvalue weighted by Gasteiger charge is 2.16. The van der Waals surface area contributed by atoms with Gasteiger partial charge in [0.15, 0.2) is 0 Å². The lowest BCUT2D eigenvalue weighted by Gasteiger charge is -2.04. The van der Waals surface area contributed by atoms with E-state index in [1.54, 1.807) is 18.2 Å². The van der Waals surface area contributed by atoms with Crippen LogP contribution in [0, 0.1) is 0 Å². The maximum atomic E-state index is 11.0. The van der Waals surface area contributed by atoms with Gasteiger partial charge in [-0.3, -0.25) is 4.79 Å². The SMILES string of the molecule is O=C(O)Cn1c(C(=O)O)cc2ccc(Cl)cc21. The highest BCUT2D eigenvalue weighted by molar-refractivity contribution is 6.31. The minimum atomic E-state index is -1.17. The van der Waals surface area contributed by atoms with Crippen molar-refractivity contribution in [2.45, 2.75) is 6.54 Å². The number of carboxylic acid groups (broad SMARTS) is 2. The molecule has 0 atom stereocenters. The largest absolute Gasteiger partial charge is 0.480 e. The molecule has 2 aromatic rings. The Hall–Kier alpha value is -2.01. The third kappa shape index (κ3) is 2.09. The van der Waals surface area contributed by atoms with Crippen LogP contribution < -0.4 is 0 Å². The van der Waals surface area contributed by atoms with Crippen LogP contribution in [0.15, 0.2) is 24.3 Å². The van der Waals surface area contributed by atoms with Crippen LogP contribution in [0.25, 0.3) is 10.9 Å². The third-order valence-electron chi connectivity index (χ3n) is 2.38. The zero-order chi connectivity index (χ0) is 12.6. The topological polar surface area (TPSA) is 79.5 Å².